The second kappa shape index (κ2) is 5.82. The van der Waals surface area contributed by atoms with E-state index >= 15 is 0 Å². The molecule has 1 aromatic carbocycles. The minimum absolute atomic E-state index is 0.0824. The highest BCUT2D eigenvalue weighted by atomic mass is 16.5. The predicted molar refractivity (Wildman–Crippen MR) is 70.2 cm³/mol. The summed E-state index contributed by atoms with van der Waals surface area (Å²) in [6, 6.07) is 7.85. The lowest BCUT2D eigenvalue weighted by molar-refractivity contribution is -0.125. The zero-order valence-electron chi connectivity index (χ0n) is 11.0. The fraction of sp³-hybridized carbons (Fsp3) is 0.500. The highest BCUT2D eigenvalue weighted by Crippen LogP contribution is 2.11. The van der Waals surface area contributed by atoms with Crippen LogP contribution < -0.4 is 5.32 Å². The number of hydrogen-bond donors (Lipinski definition) is 1. The SMILES string of the molecule is CCc1ccc(NC(=O)COC(C)(C)C)cc1. The van der Waals surface area contributed by atoms with Gasteiger partial charge in [0.2, 0.25) is 5.91 Å². The van der Waals surface area contributed by atoms with Gasteiger partial charge in [-0.1, -0.05) is 19.1 Å². The fourth-order valence-corrected chi connectivity index (χ4v) is 1.30. The zero-order chi connectivity index (χ0) is 12.9. The van der Waals surface area contributed by atoms with Gasteiger partial charge in [0.15, 0.2) is 0 Å². The van der Waals surface area contributed by atoms with E-state index in [1.165, 1.54) is 5.56 Å². The van der Waals surface area contributed by atoms with Crippen LogP contribution in [0.4, 0.5) is 5.69 Å². The summed E-state index contributed by atoms with van der Waals surface area (Å²) in [5, 5.41) is 2.80. The summed E-state index contributed by atoms with van der Waals surface area (Å²) in [5.74, 6) is -0.121. The number of carbonyl (C=O) groups excluding carboxylic acids is 1. The van der Waals surface area contributed by atoms with Crippen molar-refractivity contribution in [2.75, 3.05) is 11.9 Å². The molecule has 0 unspecified atom stereocenters. The van der Waals surface area contributed by atoms with Gasteiger partial charge in [0.25, 0.3) is 0 Å². The quantitative estimate of drug-likeness (QED) is 0.871. The molecule has 0 saturated heterocycles. The first kappa shape index (κ1) is 13.7. The Kier molecular flexibility index (Phi) is 4.70. The van der Waals surface area contributed by atoms with Crippen LogP contribution in [0.25, 0.3) is 0 Å². The molecular formula is C14H21NO2. The lowest BCUT2D eigenvalue weighted by Crippen LogP contribution is -2.27. The first-order valence-corrected chi connectivity index (χ1v) is 5.93. The molecule has 0 atom stereocenters. The Morgan fingerprint density at radius 2 is 1.82 bits per heavy atom. The molecule has 17 heavy (non-hydrogen) atoms. The fourth-order valence-electron chi connectivity index (χ4n) is 1.30. The monoisotopic (exact) mass is 235 g/mol. The first-order valence-electron chi connectivity index (χ1n) is 5.93. The van der Waals surface area contributed by atoms with E-state index in [4.69, 9.17) is 4.74 Å². The van der Waals surface area contributed by atoms with Crippen LogP contribution in [0.1, 0.15) is 33.3 Å². The van der Waals surface area contributed by atoms with Crippen LogP contribution in [-0.4, -0.2) is 18.1 Å². The molecule has 94 valence electrons. The van der Waals surface area contributed by atoms with Gasteiger partial charge in [0.05, 0.1) is 5.60 Å². The number of aryl methyl sites for hydroxylation is 1. The summed E-state index contributed by atoms with van der Waals surface area (Å²) in [7, 11) is 0. The van der Waals surface area contributed by atoms with Crippen molar-refractivity contribution in [3.05, 3.63) is 29.8 Å². The first-order chi connectivity index (χ1) is 7.90. The van der Waals surface area contributed by atoms with Gasteiger partial charge in [-0.15, -0.1) is 0 Å². The Hall–Kier alpha value is -1.35. The lowest BCUT2D eigenvalue weighted by Gasteiger charge is -2.19. The Morgan fingerprint density at radius 3 is 2.29 bits per heavy atom. The van der Waals surface area contributed by atoms with E-state index in [0.29, 0.717) is 0 Å². The summed E-state index contributed by atoms with van der Waals surface area (Å²) < 4.78 is 5.40. The third-order valence-electron chi connectivity index (χ3n) is 2.28. The van der Waals surface area contributed by atoms with E-state index in [-0.39, 0.29) is 18.1 Å². The number of amides is 1. The summed E-state index contributed by atoms with van der Waals surface area (Å²) in [6.07, 6.45) is 1.00. The number of nitrogens with one attached hydrogen (secondary N) is 1. The molecule has 1 aromatic rings. The Balaban J connectivity index is 2.45. The molecule has 3 heteroatoms. The zero-order valence-corrected chi connectivity index (χ0v) is 11.0. The largest absolute Gasteiger partial charge is 0.366 e. The maximum absolute atomic E-state index is 11.6. The number of carbonyl (C=O) groups is 1. The molecule has 1 amide bonds. The van der Waals surface area contributed by atoms with E-state index in [0.717, 1.165) is 12.1 Å². The number of rotatable bonds is 4. The highest BCUT2D eigenvalue weighted by Gasteiger charge is 2.12. The van der Waals surface area contributed by atoms with Crippen LogP contribution in [0.2, 0.25) is 0 Å². The molecule has 0 fully saturated rings. The van der Waals surface area contributed by atoms with Crippen LogP contribution in [0.15, 0.2) is 24.3 Å². The van der Waals surface area contributed by atoms with Crippen LogP contribution in [0, 0.1) is 0 Å². The molecule has 1 rings (SSSR count). The van der Waals surface area contributed by atoms with E-state index < -0.39 is 0 Å². The smallest absolute Gasteiger partial charge is 0.250 e. The topological polar surface area (TPSA) is 38.3 Å². The minimum Gasteiger partial charge on any atom is -0.366 e. The van der Waals surface area contributed by atoms with Crippen molar-refractivity contribution >= 4 is 11.6 Å². The molecule has 0 aromatic heterocycles. The Bertz CT molecular complexity index is 363. The second-order valence-corrected chi connectivity index (χ2v) is 5.00. The average Bonchev–Trinajstić information content (AvgIpc) is 2.27. The molecule has 1 N–H and O–H groups in total. The van der Waals surface area contributed by atoms with Crippen LogP contribution in [0.5, 0.6) is 0 Å². The van der Waals surface area contributed by atoms with E-state index in [9.17, 15) is 4.79 Å². The molecule has 0 heterocycles. The molecule has 0 spiro atoms. The highest BCUT2D eigenvalue weighted by molar-refractivity contribution is 5.91. The van der Waals surface area contributed by atoms with Crippen molar-refractivity contribution < 1.29 is 9.53 Å². The third-order valence-corrected chi connectivity index (χ3v) is 2.28. The van der Waals surface area contributed by atoms with Crippen molar-refractivity contribution in [2.24, 2.45) is 0 Å². The molecular weight excluding hydrogens is 214 g/mol. The Morgan fingerprint density at radius 1 is 1.24 bits per heavy atom. The van der Waals surface area contributed by atoms with Crippen molar-refractivity contribution in [3.8, 4) is 0 Å². The summed E-state index contributed by atoms with van der Waals surface area (Å²) >= 11 is 0. The van der Waals surface area contributed by atoms with Crippen molar-refractivity contribution in [1.29, 1.82) is 0 Å². The molecule has 0 saturated carbocycles. The molecule has 0 aliphatic heterocycles. The van der Waals surface area contributed by atoms with Gasteiger partial charge in [0, 0.05) is 5.69 Å². The number of benzene rings is 1. The molecule has 3 nitrogen and oxygen atoms in total. The molecule has 0 aliphatic rings. The van der Waals surface area contributed by atoms with Crippen molar-refractivity contribution in [1.82, 2.24) is 0 Å². The van der Waals surface area contributed by atoms with Gasteiger partial charge < -0.3 is 10.1 Å². The summed E-state index contributed by atoms with van der Waals surface area (Å²) in [6.45, 7) is 7.97. The summed E-state index contributed by atoms with van der Waals surface area (Å²) in [5.41, 5.74) is 1.78. The predicted octanol–water partition coefficient (Wildman–Crippen LogP) is 3.00. The molecule has 0 radical (unpaired) electrons. The van der Waals surface area contributed by atoms with Crippen LogP contribution in [0.3, 0.4) is 0 Å². The van der Waals surface area contributed by atoms with E-state index in [1.807, 2.05) is 45.0 Å². The number of anilines is 1. The maximum atomic E-state index is 11.6. The van der Waals surface area contributed by atoms with Gasteiger partial charge in [-0.3, -0.25) is 4.79 Å². The standard InChI is InChI=1S/C14H21NO2/c1-5-11-6-8-12(9-7-11)15-13(16)10-17-14(2,3)4/h6-9H,5,10H2,1-4H3,(H,15,16). The lowest BCUT2D eigenvalue weighted by atomic mass is 10.1. The van der Waals surface area contributed by atoms with Crippen molar-refractivity contribution in [3.63, 3.8) is 0 Å². The maximum Gasteiger partial charge on any atom is 0.250 e. The number of ether oxygens (including phenoxy) is 1. The van der Waals surface area contributed by atoms with Crippen LogP contribution >= 0.6 is 0 Å². The van der Waals surface area contributed by atoms with Gasteiger partial charge >= 0.3 is 0 Å². The second-order valence-electron chi connectivity index (χ2n) is 5.00. The third kappa shape index (κ3) is 5.50. The molecule has 0 bridgehead atoms. The Labute approximate surface area is 103 Å². The van der Waals surface area contributed by atoms with Gasteiger partial charge in [-0.2, -0.15) is 0 Å². The average molecular weight is 235 g/mol. The van der Waals surface area contributed by atoms with Gasteiger partial charge in [0.1, 0.15) is 6.61 Å². The minimum atomic E-state index is -0.288. The van der Waals surface area contributed by atoms with Crippen LogP contribution in [-0.2, 0) is 16.0 Å². The summed E-state index contributed by atoms with van der Waals surface area (Å²) in [4.78, 5) is 11.6. The van der Waals surface area contributed by atoms with E-state index in [1.54, 1.807) is 0 Å². The van der Waals surface area contributed by atoms with Gasteiger partial charge in [-0.05, 0) is 44.9 Å². The van der Waals surface area contributed by atoms with Crippen molar-refractivity contribution in [2.45, 2.75) is 39.7 Å². The molecule has 0 aliphatic carbocycles. The van der Waals surface area contributed by atoms with Gasteiger partial charge in [-0.25, -0.2) is 0 Å². The normalized spacial score (nSPS) is 11.3. The van der Waals surface area contributed by atoms with E-state index in [2.05, 4.69) is 12.2 Å². The number of hydrogen-bond acceptors (Lipinski definition) is 2.